The van der Waals surface area contributed by atoms with Crippen LogP contribution in [0.4, 0.5) is 0 Å². The average Bonchev–Trinajstić information content (AvgIpc) is 2.33. The second kappa shape index (κ2) is 2.83. The lowest BCUT2D eigenvalue weighted by Gasteiger charge is -2.37. The van der Waals surface area contributed by atoms with Crippen molar-refractivity contribution in [3.63, 3.8) is 0 Å². The molecule has 2 fully saturated rings. The van der Waals surface area contributed by atoms with E-state index in [9.17, 15) is 9.59 Å². The lowest BCUT2D eigenvalue weighted by atomic mass is 9.70. The summed E-state index contributed by atoms with van der Waals surface area (Å²) in [7, 11) is 0. The van der Waals surface area contributed by atoms with Gasteiger partial charge in [0.1, 0.15) is 11.9 Å². The summed E-state index contributed by atoms with van der Waals surface area (Å²) in [5.74, 6) is 0.176. The van der Waals surface area contributed by atoms with Gasteiger partial charge in [0, 0.05) is 24.7 Å². The molecule has 0 heterocycles. The molecule has 0 saturated heterocycles. The molecule has 0 spiro atoms. The molecule has 84 valence electrons. The minimum Gasteiger partial charge on any atom is -0.462 e. The quantitative estimate of drug-likeness (QED) is 0.621. The third-order valence-corrected chi connectivity index (χ3v) is 4.74. The van der Waals surface area contributed by atoms with Gasteiger partial charge >= 0.3 is 5.97 Å². The molecule has 3 nitrogen and oxygen atoms in total. The van der Waals surface area contributed by atoms with Gasteiger partial charge < -0.3 is 4.74 Å². The molecule has 3 heteroatoms. The van der Waals surface area contributed by atoms with Crippen molar-refractivity contribution in [2.45, 2.75) is 46.6 Å². The highest BCUT2D eigenvalue weighted by molar-refractivity contribution is 5.87. The zero-order valence-corrected chi connectivity index (χ0v) is 9.79. The number of rotatable bonds is 1. The third-order valence-electron chi connectivity index (χ3n) is 4.74. The smallest absolute Gasteiger partial charge is 0.302 e. The number of hydrogen-bond donors (Lipinski definition) is 0. The molecular weight excluding hydrogens is 192 g/mol. The van der Waals surface area contributed by atoms with Crippen molar-refractivity contribution in [3.05, 3.63) is 0 Å². The first-order valence-electron chi connectivity index (χ1n) is 5.49. The number of ether oxygens (including phenoxy) is 1. The van der Waals surface area contributed by atoms with Crippen molar-refractivity contribution >= 4 is 11.8 Å². The Morgan fingerprint density at radius 2 is 2.00 bits per heavy atom. The SMILES string of the molecule is CC(=O)O[C@H]1C[C@@H]2C(=O)C[C@]1(C)C2(C)C. The van der Waals surface area contributed by atoms with E-state index in [0.717, 1.165) is 0 Å². The standard InChI is InChI=1S/C12H18O3/c1-7(13)15-10-5-8-9(14)6-12(10,4)11(8,2)3/h8,10H,5-6H2,1-4H3/t8-,10+,12+/m1/s1. The maximum Gasteiger partial charge on any atom is 0.302 e. The number of Topliss-reactive ketones (excluding diaryl/α,β-unsaturated/α-hetero) is 1. The van der Waals surface area contributed by atoms with Crippen LogP contribution < -0.4 is 0 Å². The van der Waals surface area contributed by atoms with Gasteiger partial charge in [0.15, 0.2) is 0 Å². The molecule has 0 radical (unpaired) electrons. The molecule has 0 aromatic rings. The molecule has 2 saturated carbocycles. The second-order valence-electron chi connectivity index (χ2n) is 5.67. The van der Waals surface area contributed by atoms with Crippen LogP contribution in [0.25, 0.3) is 0 Å². The molecule has 0 aromatic carbocycles. The summed E-state index contributed by atoms with van der Waals surface area (Å²) in [5.41, 5.74) is -0.204. The molecule has 0 aliphatic heterocycles. The summed E-state index contributed by atoms with van der Waals surface area (Å²) in [4.78, 5) is 22.8. The lowest BCUT2D eigenvalue weighted by molar-refractivity contribution is -0.155. The Hall–Kier alpha value is -0.860. The van der Waals surface area contributed by atoms with Gasteiger partial charge in [-0.25, -0.2) is 0 Å². The number of carbonyl (C=O) groups is 2. The highest BCUT2D eigenvalue weighted by Crippen LogP contribution is 2.64. The molecule has 0 N–H and O–H groups in total. The van der Waals surface area contributed by atoms with Gasteiger partial charge in [0.05, 0.1) is 0 Å². The van der Waals surface area contributed by atoms with Crippen molar-refractivity contribution in [1.82, 2.24) is 0 Å². The summed E-state index contributed by atoms with van der Waals surface area (Å²) in [6.07, 6.45) is 1.19. The number of fused-ring (bicyclic) bond motifs is 2. The van der Waals surface area contributed by atoms with E-state index in [2.05, 4.69) is 20.8 Å². The largest absolute Gasteiger partial charge is 0.462 e. The van der Waals surface area contributed by atoms with Gasteiger partial charge in [0.2, 0.25) is 0 Å². The van der Waals surface area contributed by atoms with E-state index in [4.69, 9.17) is 4.74 Å². The predicted molar refractivity (Wildman–Crippen MR) is 55.2 cm³/mol. The summed E-state index contributed by atoms with van der Waals surface area (Å²) in [5, 5.41) is 0. The summed E-state index contributed by atoms with van der Waals surface area (Å²) in [6, 6.07) is 0. The number of hydrogen-bond acceptors (Lipinski definition) is 3. The normalized spacial score (nSPS) is 42.0. The van der Waals surface area contributed by atoms with E-state index in [1.54, 1.807) is 0 Å². The summed E-state index contributed by atoms with van der Waals surface area (Å²) >= 11 is 0. The molecule has 15 heavy (non-hydrogen) atoms. The van der Waals surface area contributed by atoms with Crippen molar-refractivity contribution in [3.8, 4) is 0 Å². The number of carbonyl (C=O) groups excluding carboxylic acids is 2. The molecule has 2 aliphatic rings. The zero-order valence-electron chi connectivity index (χ0n) is 9.79. The van der Waals surface area contributed by atoms with Crippen LogP contribution in [-0.4, -0.2) is 17.9 Å². The van der Waals surface area contributed by atoms with Gasteiger partial charge in [-0.3, -0.25) is 9.59 Å². The van der Waals surface area contributed by atoms with Crippen molar-refractivity contribution in [2.75, 3.05) is 0 Å². The van der Waals surface area contributed by atoms with Gasteiger partial charge in [-0.15, -0.1) is 0 Å². The van der Waals surface area contributed by atoms with Crippen LogP contribution in [0.15, 0.2) is 0 Å². The van der Waals surface area contributed by atoms with E-state index in [-0.39, 0.29) is 28.8 Å². The lowest BCUT2D eigenvalue weighted by Crippen LogP contribution is -2.38. The van der Waals surface area contributed by atoms with Gasteiger partial charge in [-0.1, -0.05) is 20.8 Å². The van der Waals surface area contributed by atoms with Gasteiger partial charge in [-0.2, -0.15) is 0 Å². The molecule has 0 amide bonds. The van der Waals surface area contributed by atoms with Crippen LogP contribution in [0.3, 0.4) is 0 Å². The molecule has 0 aromatic heterocycles. The molecular formula is C12H18O3. The minimum atomic E-state index is -0.239. The number of ketones is 1. The monoisotopic (exact) mass is 210 g/mol. The van der Waals surface area contributed by atoms with E-state index >= 15 is 0 Å². The fourth-order valence-corrected chi connectivity index (χ4v) is 3.32. The molecule has 3 atom stereocenters. The molecule has 0 unspecified atom stereocenters. The van der Waals surface area contributed by atoms with Gasteiger partial charge in [0.25, 0.3) is 0 Å². The van der Waals surface area contributed by atoms with E-state index < -0.39 is 0 Å². The van der Waals surface area contributed by atoms with Crippen LogP contribution in [0, 0.1) is 16.7 Å². The minimum absolute atomic E-state index is 0.0375. The molecule has 2 aliphatic carbocycles. The van der Waals surface area contributed by atoms with Crippen molar-refractivity contribution in [2.24, 2.45) is 16.7 Å². The Morgan fingerprint density at radius 3 is 2.33 bits per heavy atom. The number of esters is 1. The summed E-state index contributed by atoms with van der Waals surface area (Å²) in [6.45, 7) is 7.74. The first kappa shape index (κ1) is 10.7. The van der Waals surface area contributed by atoms with Gasteiger partial charge in [-0.05, 0) is 11.8 Å². The average molecular weight is 210 g/mol. The molecule has 2 bridgehead atoms. The zero-order chi connectivity index (χ0) is 11.4. The fraction of sp³-hybridized carbons (Fsp3) is 0.833. The molecule has 2 rings (SSSR count). The highest BCUT2D eigenvalue weighted by atomic mass is 16.5. The summed E-state index contributed by atoms with van der Waals surface area (Å²) < 4.78 is 5.34. The highest BCUT2D eigenvalue weighted by Gasteiger charge is 2.66. The van der Waals surface area contributed by atoms with Crippen molar-refractivity contribution < 1.29 is 14.3 Å². The topological polar surface area (TPSA) is 43.4 Å². The Bertz CT molecular complexity index is 332. The Kier molecular flexibility index (Phi) is 2.01. The maximum atomic E-state index is 11.7. The maximum absolute atomic E-state index is 11.7. The first-order chi connectivity index (χ1) is 6.79. The van der Waals surface area contributed by atoms with Crippen molar-refractivity contribution in [1.29, 1.82) is 0 Å². The Balaban J connectivity index is 2.30. The van der Waals surface area contributed by atoms with Crippen LogP contribution in [-0.2, 0) is 14.3 Å². The second-order valence-corrected chi connectivity index (χ2v) is 5.67. The van der Waals surface area contributed by atoms with Crippen LogP contribution in [0.1, 0.15) is 40.5 Å². The third kappa shape index (κ3) is 1.18. The van der Waals surface area contributed by atoms with E-state index in [1.807, 2.05) is 0 Å². The van der Waals surface area contributed by atoms with E-state index in [0.29, 0.717) is 18.6 Å². The Labute approximate surface area is 90.2 Å². The van der Waals surface area contributed by atoms with Crippen LogP contribution in [0.2, 0.25) is 0 Å². The van der Waals surface area contributed by atoms with Crippen LogP contribution in [0.5, 0.6) is 0 Å². The fourth-order valence-electron chi connectivity index (χ4n) is 3.32. The van der Waals surface area contributed by atoms with Crippen LogP contribution >= 0.6 is 0 Å². The first-order valence-corrected chi connectivity index (χ1v) is 5.49. The predicted octanol–water partition coefficient (Wildman–Crippen LogP) is 1.94. The Morgan fingerprint density at radius 1 is 1.40 bits per heavy atom. The van der Waals surface area contributed by atoms with E-state index in [1.165, 1.54) is 6.92 Å².